The summed E-state index contributed by atoms with van der Waals surface area (Å²) in [5.74, 6) is 0.658. The van der Waals surface area contributed by atoms with E-state index in [-0.39, 0.29) is 0 Å². The Labute approximate surface area is 359 Å². The summed E-state index contributed by atoms with van der Waals surface area (Å²) < 4.78 is 6.61. The molecule has 0 fully saturated rings. The molecule has 0 amide bonds. The van der Waals surface area contributed by atoms with Crippen LogP contribution >= 0.6 is 0 Å². The first-order valence-electron chi connectivity index (χ1n) is 21.2. The molecule has 1 spiro atoms. The maximum atomic E-state index is 6.61. The van der Waals surface area contributed by atoms with Crippen LogP contribution < -0.4 is 0 Å². The van der Waals surface area contributed by atoms with Crippen molar-refractivity contribution < 1.29 is 4.42 Å². The van der Waals surface area contributed by atoms with Crippen LogP contribution in [0.25, 0.3) is 100 Å². The monoisotopic (exact) mass is 788 g/mol. The molecule has 62 heavy (non-hydrogen) atoms. The largest absolute Gasteiger partial charge is 0.455 e. The lowest BCUT2D eigenvalue weighted by Gasteiger charge is -2.35. The lowest BCUT2D eigenvalue weighted by atomic mass is 9.66. The summed E-state index contributed by atoms with van der Waals surface area (Å²) in [6, 6.07) is 78.7. The molecule has 2 aliphatic rings. The lowest BCUT2D eigenvalue weighted by Crippen LogP contribution is -2.29. The highest BCUT2D eigenvalue weighted by Crippen LogP contribution is 2.61. The van der Waals surface area contributed by atoms with Crippen molar-refractivity contribution in [2.24, 2.45) is 0 Å². The summed E-state index contributed by atoms with van der Waals surface area (Å²) in [5.41, 5.74) is 20.4. The number of furan rings is 1. The van der Waals surface area contributed by atoms with Gasteiger partial charge < -0.3 is 4.42 Å². The first kappa shape index (κ1) is 34.7. The standard InChI is InChI=1S/C59H36N2O/c1-2-15-37(16-3-1)38-29-31-39(32-30-38)54-36-55(49-24-14-23-48-47-22-9-13-28-56(47)62-57(48)49)61-58(60-54)40-33-34-46-45-21-8-12-27-52(45)59(53(46)35-40)50-25-10-6-19-43(50)41-17-4-5-18-42(41)44-20-7-11-26-51(44)59/h1-36H. The van der Waals surface area contributed by atoms with Gasteiger partial charge in [-0.1, -0.05) is 194 Å². The minimum atomic E-state index is -0.609. The molecule has 3 heteroatoms. The van der Waals surface area contributed by atoms with Gasteiger partial charge in [-0.15, -0.1) is 0 Å². The van der Waals surface area contributed by atoms with Gasteiger partial charge in [0.05, 0.1) is 16.8 Å². The van der Waals surface area contributed by atoms with Crippen LogP contribution in [-0.2, 0) is 5.41 Å². The zero-order chi connectivity index (χ0) is 40.8. The Morgan fingerprint density at radius 3 is 1.48 bits per heavy atom. The molecule has 0 N–H and O–H groups in total. The van der Waals surface area contributed by atoms with Gasteiger partial charge >= 0.3 is 0 Å². The number of fused-ring (bicyclic) bond motifs is 15. The molecule has 2 aliphatic carbocycles. The second-order valence-corrected chi connectivity index (χ2v) is 16.4. The number of hydrogen-bond donors (Lipinski definition) is 0. The van der Waals surface area contributed by atoms with Gasteiger partial charge in [0.25, 0.3) is 0 Å². The molecule has 0 bridgehead atoms. The van der Waals surface area contributed by atoms with E-state index in [0.717, 1.165) is 55.6 Å². The molecular weight excluding hydrogens is 753 g/mol. The highest BCUT2D eigenvalue weighted by atomic mass is 16.3. The van der Waals surface area contributed by atoms with Crippen molar-refractivity contribution in [3.05, 3.63) is 241 Å². The van der Waals surface area contributed by atoms with Crippen LogP contribution in [0.15, 0.2) is 223 Å². The fraction of sp³-hybridized carbons (Fsp3) is 0.0169. The molecular formula is C59H36N2O. The van der Waals surface area contributed by atoms with E-state index in [4.69, 9.17) is 14.4 Å². The number of hydrogen-bond acceptors (Lipinski definition) is 3. The maximum Gasteiger partial charge on any atom is 0.160 e. The number of rotatable bonds is 4. The second-order valence-electron chi connectivity index (χ2n) is 16.4. The molecule has 2 aromatic heterocycles. The van der Waals surface area contributed by atoms with E-state index in [9.17, 15) is 0 Å². The van der Waals surface area contributed by atoms with E-state index in [1.54, 1.807) is 0 Å². The number of nitrogens with zero attached hydrogens (tertiary/aromatic N) is 2. The highest BCUT2D eigenvalue weighted by Gasteiger charge is 2.49. The number of para-hydroxylation sites is 2. The summed E-state index contributed by atoms with van der Waals surface area (Å²) in [6.45, 7) is 0. The van der Waals surface area contributed by atoms with E-state index in [2.05, 4.69) is 206 Å². The Morgan fingerprint density at radius 1 is 0.306 bits per heavy atom. The molecule has 2 heterocycles. The minimum Gasteiger partial charge on any atom is -0.455 e. The summed E-state index contributed by atoms with van der Waals surface area (Å²) >= 11 is 0. The van der Waals surface area contributed by atoms with Crippen molar-refractivity contribution in [2.75, 3.05) is 0 Å². The topological polar surface area (TPSA) is 38.9 Å². The van der Waals surface area contributed by atoms with Gasteiger partial charge in [0.1, 0.15) is 11.2 Å². The molecule has 0 radical (unpaired) electrons. The Bertz CT molecular complexity index is 3510. The lowest BCUT2D eigenvalue weighted by molar-refractivity contribution is 0.670. The minimum absolute atomic E-state index is 0.609. The van der Waals surface area contributed by atoms with Gasteiger partial charge in [0.2, 0.25) is 0 Å². The molecule has 0 unspecified atom stereocenters. The van der Waals surface area contributed by atoms with Gasteiger partial charge in [0, 0.05) is 27.5 Å². The third-order valence-electron chi connectivity index (χ3n) is 13.2. The molecule has 0 saturated heterocycles. The van der Waals surface area contributed by atoms with Crippen molar-refractivity contribution >= 4 is 21.9 Å². The molecule has 0 saturated carbocycles. The van der Waals surface area contributed by atoms with Crippen molar-refractivity contribution in [1.82, 2.24) is 9.97 Å². The van der Waals surface area contributed by atoms with Crippen LogP contribution in [0.4, 0.5) is 0 Å². The summed E-state index contributed by atoms with van der Waals surface area (Å²) in [6.07, 6.45) is 0. The van der Waals surface area contributed by atoms with E-state index >= 15 is 0 Å². The van der Waals surface area contributed by atoms with E-state index in [1.165, 1.54) is 61.2 Å². The zero-order valence-electron chi connectivity index (χ0n) is 33.6. The molecule has 0 atom stereocenters. The smallest absolute Gasteiger partial charge is 0.160 e. The first-order valence-corrected chi connectivity index (χ1v) is 21.2. The van der Waals surface area contributed by atoms with Gasteiger partial charge in [-0.25, -0.2) is 9.97 Å². The third kappa shape index (κ3) is 5.00. The van der Waals surface area contributed by atoms with Crippen molar-refractivity contribution in [2.45, 2.75) is 5.41 Å². The van der Waals surface area contributed by atoms with Crippen molar-refractivity contribution in [3.8, 4) is 78.4 Å². The summed E-state index contributed by atoms with van der Waals surface area (Å²) in [4.78, 5) is 10.9. The van der Waals surface area contributed by atoms with Crippen LogP contribution in [0, 0.1) is 0 Å². The van der Waals surface area contributed by atoms with Crippen LogP contribution in [0.3, 0.4) is 0 Å². The molecule has 3 nitrogen and oxygen atoms in total. The predicted octanol–water partition coefficient (Wildman–Crippen LogP) is 15.1. The van der Waals surface area contributed by atoms with Gasteiger partial charge in [-0.2, -0.15) is 0 Å². The third-order valence-corrected chi connectivity index (χ3v) is 13.2. The highest BCUT2D eigenvalue weighted by molar-refractivity contribution is 6.09. The summed E-state index contributed by atoms with van der Waals surface area (Å²) in [7, 11) is 0. The van der Waals surface area contributed by atoms with Crippen LogP contribution in [0.2, 0.25) is 0 Å². The fourth-order valence-corrected chi connectivity index (χ4v) is 10.5. The van der Waals surface area contributed by atoms with Crippen molar-refractivity contribution in [3.63, 3.8) is 0 Å². The first-order chi connectivity index (χ1) is 30.7. The average Bonchev–Trinajstić information content (AvgIpc) is 3.84. The Balaban J connectivity index is 1.07. The maximum absolute atomic E-state index is 6.61. The Hall–Kier alpha value is -8.14. The molecule has 9 aromatic carbocycles. The molecule has 13 rings (SSSR count). The average molecular weight is 789 g/mol. The number of aromatic nitrogens is 2. The zero-order valence-corrected chi connectivity index (χ0v) is 33.6. The normalized spacial score (nSPS) is 13.0. The van der Waals surface area contributed by atoms with E-state index in [0.29, 0.717) is 5.82 Å². The molecule has 288 valence electrons. The van der Waals surface area contributed by atoms with Gasteiger partial charge in [-0.3, -0.25) is 0 Å². The Kier molecular flexibility index (Phi) is 7.52. The van der Waals surface area contributed by atoms with Crippen LogP contribution in [0.5, 0.6) is 0 Å². The fourth-order valence-electron chi connectivity index (χ4n) is 10.5. The van der Waals surface area contributed by atoms with Gasteiger partial charge in [0.15, 0.2) is 5.82 Å². The molecule has 0 aliphatic heterocycles. The van der Waals surface area contributed by atoms with Crippen molar-refractivity contribution in [1.29, 1.82) is 0 Å². The number of benzene rings is 9. The van der Waals surface area contributed by atoms with Gasteiger partial charge in [-0.05, 0) is 91.0 Å². The predicted molar refractivity (Wildman–Crippen MR) is 253 cm³/mol. The SMILES string of the molecule is c1ccc(-c2ccc(-c3cc(-c4cccc5c4oc4ccccc45)nc(-c4ccc5c(c4)C4(c6ccccc6-c6ccccc6-c6ccccc64)c4ccccc4-5)n3)cc2)cc1. The molecule has 11 aromatic rings. The second kappa shape index (κ2) is 13.4. The van der Waals surface area contributed by atoms with Crippen LogP contribution in [-0.4, -0.2) is 9.97 Å². The quantitative estimate of drug-likeness (QED) is 0.178. The van der Waals surface area contributed by atoms with Crippen LogP contribution in [0.1, 0.15) is 22.3 Å². The summed E-state index contributed by atoms with van der Waals surface area (Å²) in [5, 5.41) is 2.15. The Morgan fingerprint density at radius 2 is 0.790 bits per heavy atom. The van der Waals surface area contributed by atoms with E-state index < -0.39 is 5.41 Å². The van der Waals surface area contributed by atoms with E-state index in [1.807, 2.05) is 12.1 Å².